The van der Waals surface area contributed by atoms with Crippen LogP contribution in [-0.4, -0.2) is 45.1 Å². The minimum atomic E-state index is -0.221. The third-order valence-corrected chi connectivity index (χ3v) is 6.04. The van der Waals surface area contributed by atoms with Crippen LogP contribution in [0.15, 0.2) is 49.1 Å². The molecule has 0 radical (unpaired) electrons. The number of carbonyl (C=O) groups is 1. The first-order chi connectivity index (χ1) is 14.8. The van der Waals surface area contributed by atoms with Crippen molar-refractivity contribution in [2.75, 3.05) is 28.2 Å². The Labute approximate surface area is 174 Å². The maximum atomic E-state index is 13.2. The van der Waals surface area contributed by atoms with Gasteiger partial charge in [0.15, 0.2) is 11.6 Å². The Hall–Kier alpha value is -3.55. The molecule has 1 saturated carbocycles. The minimum Gasteiger partial charge on any atom is -0.366 e. The minimum absolute atomic E-state index is 0.0939. The average Bonchev–Trinajstić information content (AvgIpc) is 3.56. The number of amides is 2. The molecule has 1 N–H and O–H groups in total. The monoisotopic (exact) mass is 399 g/mol. The second kappa shape index (κ2) is 6.76. The highest BCUT2D eigenvalue weighted by Crippen LogP contribution is 2.42. The second-order valence-electron chi connectivity index (χ2n) is 8.06. The van der Waals surface area contributed by atoms with Crippen molar-refractivity contribution in [1.82, 2.24) is 19.9 Å². The predicted molar refractivity (Wildman–Crippen MR) is 114 cm³/mol. The topological polar surface area (TPSA) is 87.1 Å². The van der Waals surface area contributed by atoms with Gasteiger partial charge in [-0.1, -0.05) is 0 Å². The normalized spacial score (nSPS) is 19.5. The molecule has 2 amide bonds. The van der Waals surface area contributed by atoms with Crippen molar-refractivity contribution < 1.29 is 4.79 Å². The van der Waals surface area contributed by atoms with Crippen molar-refractivity contribution in [2.45, 2.75) is 31.2 Å². The third-order valence-electron chi connectivity index (χ3n) is 6.04. The van der Waals surface area contributed by atoms with E-state index in [0.29, 0.717) is 17.6 Å². The smallest absolute Gasteiger partial charge is 0.329 e. The number of hydrogen-bond acceptors (Lipinski definition) is 6. The molecule has 1 aliphatic carbocycles. The Morgan fingerprint density at radius 2 is 2.00 bits per heavy atom. The van der Waals surface area contributed by atoms with Gasteiger partial charge in [0.1, 0.15) is 0 Å². The zero-order chi connectivity index (χ0) is 20.1. The lowest BCUT2D eigenvalue weighted by molar-refractivity contribution is 0.254. The molecule has 1 unspecified atom stereocenters. The molecule has 3 aromatic heterocycles. The molecule has 8 nitrogen and oxygen atoms in total. The van der Waals surface area contributed by atoms with Crippen LogP contribution in [-0.2, 0) is 0 Å². The Bertz CT molecular complexity index is 1120. The van der Waals surface area contributed by atoms with Gasteiger partial charge < -0.3 is 4.90 Å². The van der Waals surface area contributed by atoms with Crippen LogP contribution in [0.25, 0.3) is 11.3 Å². The van der Waals surface area contributed by atoms with Crippen molar-refractivity contribution in [3.8, 4) is 11.3 Å². The van der Waals surface area contributed by atoms with Crippen molar-refractivity contribution in [3.63, 3.8) is 0 Å². The van der Waals surface area contributed by atoms with Crippen LogP contribution >= 0.6 is 0 Å². The van der Waals surface area contributed by atoms with Gasteiger partial charge in [-0.3, -0.25) is 20.2 Å². The maximum Gasteiger partial charge on any atom is 0.329 e. The van der Waals surface area contributed by atoms with Crippen LogP contribution in [0.1, 0.15) is 30.9 Å². The van der Waals surface area contributed by atoms with E-state index in [0.717, 1.165) is 42.1 Å². The van der Waals surface area contributed by atoms with E-state index in [1.807, 2.05) is 18.3 Å². The van der Waals surface area contributed by atoms with Crippen LogP contribution < -0.4 is 15.1 Å². The molecule has 0 aromatic carbocycles. The zero-order valence-electron chi connectivity index (χ0n) is 16.4. The van der Waals surface area contributed by atoms with E-state index in [1.165, 1.54) is 12.8 Å². The first-order valence-electron chi connectivity index (χ1n) is 10.3. The van der Waals surface area contributed by atoms with Gasteiger partial charge in [-0.25, -0.2) is 14.8 Å². The number of nitrogens with zero attached hydrogens (tertiary/aromatic N) is 6. The van der Waals surface area contributed by atoms with E-state index < -0.39 is 0 Å². The SMILES string of the molecule is O=C(Nc1cnccn1)N1c2nc(-c3ccnc(C4CC4)c3)ccc2N2CCC1C2. The molecule has 2 fully saturated rings. The van der Waals surface area contributed by atoms with Gasteiger partial charge in [0, 0.05) is 48.9 Å². The summed E-state index contributed by atoms with van der Waals surface area (Å²) in [6.07, 6.45) is 9.88. The van der Waals surface area contributed by atoms with Crippen LogP contribution in [0, 0.1) is 0 Å². The van der Waals surface area contributed by atoms with E-state index >= 15 is 0 Å². The van der Waals surface area contributed by atoms with Crippen molar-refractivity contribution in [1.29, 1.82) is 0 Å². The maximum absolute atomic E-state index is 13.2. The van der Waals surface area contributed by atoms with E-state index in [-0.39, 0.29) is 12.1 Å². The number of anilines is 3. The number of rotatable bonds is 3. The fourth-order valence-electron chi connectivity index (χ4n) is 4.38. The van der Waals surface area contributed by atoms with E-state index in [2.05, 4.69) is 37.3 Å². The number of carbonyl (C=O) groups excluding carboxylic acids is 1. The Kier molecular flexibility index (Phi) is 3.90. The molecular formula is C22H21N7O. The molecule has 2 aliphatic heterocycles. The van der Waals surface area contributed by atoms with Crippen molar-refractivity contribution in [2.24, 2.45) is 0 Å². The molecule has 6 rings (SSSR count). The first-order valence-corrected chi connectivity index (χ1v) is 10.3. The number of aromatic nitrogens is 4. The molecule has 150 valence electrons. The Balaban J connectivity index is 1.38. The highest BCUT2D eigenvalue weighted by Gasteiger charge is 2.40. The zero-order valence-corrected chi connectivity index (χ0v) is 16.4. The fraction of sp³-hybridized carbons (Fsp3) is 0.318. The molecule has 1 atom stereocenters. The lowest BCUT2D eigenvalue weighted by atomic mass is 10.1. The number of nitrogens with one attached hydrogen (secondary N) is 1. The summed E-state index contributed by atoms with van der Waals surface area (Å²) >= 11 is 0. The number of urea groups is 1. The van der Waals surface area contributed by atoms with Gasteiger partial charge in [-0.15, -0.1) is 0 Å². The molecule has 30 heavy (non-hydrogen) atoms. The molecule has 5 heterocycles. The van der Waals surface area contributed by atoms with Crippen molar-refractivity contribution >= 4 is 23.4 Å². The van der Waals surface area contributed by atoms with Crippen LogP contribution in [0.3, 0.4) is 0 Å². The summed E-state index contributed by atoms with van der Waals surface area (Å²) in [6.45, 7) is 1.75. The summed E-state index contributed by atoms with van der Waals surface area (Å²) in [6, 6.07) is 8.12. The summed E-state index contributed by atoms with van der Waals surface area (Å²) in [5.74, 6) is 1.72. The lowest BCUT2D eigenvalue weighted by Gasteiger charge is -2.35. The average molecular weight is 399 g/mol. The quantitative estimate of drug-likeness (QED) is 0.726. The molecule has 0 spiro atoms. The van der Waals surface area contributed by atoms with Gasteiger partial charge in [0.05, 0.1) is 23.6 Å². The van der Waals surface area contributed by atoms with Crippen LogP contribution in [0.2, 0.25) is 0 Å². The van der Waals surface area contributed by atoms with Gasteiger partial charge >= 0.3 is 6.03 Å². The van der Waals surface area contributed by atoms with Crippen molar-refractivity contribution in [3.05, 3.63) is 54.7 Å². The molecule has 2 bridgehead atoms. The number of hydrogen-bond donors (Lipinski definition) is 1. The Morgan fingerprint density at radius 1 is 1.07 bits per heavy atom. The number of fused-ring (bicyclic) bond motifs is 4. The highest BCUT2D eigenvalue weighted by atomic mass is 16.2. The lowest BCUT2D eigenvalue weighted by Crippen LogP contribution is -2.48. The standard InChI is InChI=1S/C22H21N7O/c30-22(27-20-12-23-8-9-25-20)29-16-6-10-28(13-16)19-4-3-17(26-21(19)29)15-5-7-24-18(11-15)14-1-2-14/h3-5,7-9,11-12,14,16H,1-2,6,10,13H2,(H,25,27,30). The van der Waals surface area contributed by atoms with Crippen LogP contribution in [0.5, 0.6) is 0 Å². The first kappa shape index (κ1) is 17.3. The summed E-state index contributed by atoms with van der Waals surface area (Å²) < 4.78 is 0. The summed E-state index contributed by atoms with van der Waals surface area (Å²) in [4.78, 5) is 35.0. The molecule has 3 aliphatic rings. The molecule has 3 aromatic rings. The van der Waals surface area contributed by atoms with Gasteiger partial charge in [-0.05, 0) is 43.5 Å². The predicted octanol–water partition coefficient (Wildman–Crippen LogP) is 3.44. The molecule has 8 heteroatoms. The van der Waals surface area contributed by atoms with E-state index in [9.17, 15) is 4.79 Å². The summed E-state index contributed by atoms with van der Waals surface area (Å²) in [5.41, 5.74) is 4.03. The second-order valence-corrected chi connectivity index (χ2v) is 8.06. The van der Waals surface area contributed by atoms with Gasteiger partial charge in [0.25, 0.3) is 0 Å². The molecule has 1 saturated heterocycles. The largest absolute Gasteiger partial charge is 0.366 e. The summed E-state index contributed by atoms with van der Waals surface area (Å²) in [7, 11) is 0. The van der Waals surface area contributed by atoms with Gasteiger partial charge in [0.2, 0.25) is 0 Å². The summed E-state index contributed by atoms with van der Waals surface area (Å²) in [5, 5.41) is 2.87. The Morgan fingerprint density at radius 3 is 2.83 bits per heavy atom. The van der Waals surface area contributed by atoms with E-state index in [4.69, 9.17) is 4.98 Å². The van der Waals surface area contributed by atoms with Gasteiger partial charge in [-0.2, -0.15) is 0 Å². The molecular weight excluding hydrogens is 378 g/mol. The third kappa shape index (κ3) is 2.96. The highest BCUT2D eigenvalue weighted by molar-refractivity contribution is 6.04. The number of pyridine rings is 2. The van der Waals surface area contributed by atoms with E-state index in [1.54, 1.807) is 23.5 Å². The fourth-order valence-corrected chi connectivity index (χ4v) is 4.38. The van der Waals surface area contributed by atoms with Crippen LogP contribution in [0.4, 0.5) is 22.1 Å².